The molecule has 1 aromatic heterocycles. The topological polar surface area (TPSA) is 73.3 Å². The van der Waals surface area contributed by atoms with Crippen LogP contribution in [-0.4, -0.2) is 30.1 Å². The van der Waals surface area contributed by atoms with Crippen molar-refractivity contribution in [1.29, 1.82) is 0 Å². The molecule has 0 aliphatic heterocycles. The average Bonchev–Trinajstić information content (AvgIpc) is 2.60. The number of nitrogens with zero attached hydrogens (tertiary/aromatic N) is 2. The van der Waals surface area contributed by atoms with Gasteiger partial charge in [0.1, 0.15) is 5.69 Å². The molecule has 6 heteroatoms. The van der Waals surface area contributed by atoms with E-state index in [1.807, 2.05) is 12.1 Å². The Morgan fingerprint density at radius 3 is 2.74 bits per heavy atom. The van der Waals surface area contributed by atoms with Crippen molar-refractivity contribution in [2.45, 2.75) is 13.0 Å². The SMILES string of the molecule is C=CCc1cc(CNC(=O)c2cnccn2)cc(OC)c1OC. The van der Waals surface area contributed by atoms with Gasteiger partial charge in [0.2, 0.25) is 0 Å². The number of hydrogen-bond acceptors (Lipinski definition) is 5. The predicted octanol–water partition coefficient (Wildman–Crippen LogP) is 2.15. The highest BCUT2D eigenvalue weighted by Crippen LogP contribution is 2.33. The standard InChI is InChI=1S/C17H19N3O3/c1-4-5-13-8-12(9-15(22-2)16(13)23-3)10-20-17(21)14-11-18-6-7-19-14/h4,6-9,11H,1,5,10H2,2-3H3,(H,20,21). The zero-order chi connectivity index (χ0) is 16.7. The molecular weight excluding hydrogens is 294 g/mol. The number of benzene rings is 1. The highest BCUT2D eigenvalue weighted by atomic mass is 16.5. The first-order chi connectivity index (χ1) is 11.2. The van der Waals surface area contributed by atoms with Gasteiger partial charge in [-0.05, 0) is 24.1 Å². The maximum Gasteiger partial charge on any atom is 0.271 e. The van der Waals surface area contributed by atoms with Crippen LogP contribution in [-0.2, 0) is 13.0 Å². The molecular formula is C17H19N3O3. The molecule has 0 bridgehead atoms. The Hall–Kier alpha value is -2.89. The van der Waals surface area contributed by atoms with E-state index in [1.54, 1.807) is 20.3 Å². The number of carbonyl (C=O) groups excluding carboxylic acids is 1. The molecule has 120 valence electrons. The molecule has 6 nitrogen and oxygen atoms in total. The Morgan fingerprint density at radius 2 is 2.13 bits per heavy atom. The smallest absolute Gasteiger partial charge is 0.271 e. The van der Waals surface area contributed by atoms with Gasteiger partial charge in [-0.3, -0.25) is 9.78 Å². The summed E-state index contributed by atoms with van der Waals surface area (Å²) < 4.78 is 10.8. The molecule has 23 heavy (non-hydrogen) atoms. The first-order valence-electron chi connectivity index (χ1n) is 7.08. The molecule has 1 amide bonds. The third-order valence-electron chi connectivity index (χ3n) is 3.23. The number of hydrogen-bond donors (Lipinski definition) is 1. The van der Waals surface area contributed by atoms with Gasteiger partial charge in [-0.25, -0.2) is 4.98 Å². The highest BCUT2D eigenvalue weighted by molar-refractivity contribution is 5.91. The third kappa shape index (κ3) is 4.06. The van der Waals surface area contributed by atoms with Gasteiger partial charge in [0.15, 0.2) is 11.5 Å². The molecule has 0 saturated heterocycles. The maximum atomic E-state index is 12.0. The van der Waals surface area contributed by atoms with Crippen LogP contribution in [0.25, 0.3) is 0 Å². The minimum atomic E-state index is -0.279. The molecule has 1 N–H and O–H groups in total. The number of nitrogens with one attached hydrogen (secondary N) is 1. The Bertz CT molecular complexity index is 687. The normalized spacial score (nSPS) is 10.0. The summed E-state index contributed by atoms with van der Waals surface area (Å²) in [6.07, 6.45) is 6.86. The fourth-order valence-corrected chi connectivity index (χ4v) is 2.20. The van der Waals surface area contributed by atoms with Gasteiger partial charge in [-0.15, -0.1) is 6.58 Å². The lowest BCUT2D eigenvalue weighted by Gasteiger charge is -2.14. The van der Waals surface area contributed by atoms with Crippen molar-refractivity contribution in [2.75, 3.05) is 14.2 Å². The Morgan fingerprint density at radius 1 is 1.30 bits per heavy atom. The van der Waals surface area contributed by atoms with Crippen LogP contribution in [0.4, 0.5) is 0 Å². The molecule has 0 unspecified atom stereocenters. The first-order valence-corrected chi connectivity index (χ1v) is 7.08. The van der Waals surface area contributed by atoms with E-state index in [0.29, 0.717) is 24.5 Å². The second kappa shape index (κ2) is 7.93. The van der Waals surface area contributed by atoms with Crippen LogP contribution < -0.4 is 14.8 Å². The van der Waals surface area contributed by atoms with E-state index in [4.69, 9.17) is 9.47 Å². The number of aromatic nitrogens is 2. The molecule has 1 aromatic carbocycles. The number of rotatable bonds is 7. The van der Waals surface area contributed by atoms with Crippen molar-refractivity contribution in [2.24, 2.45) is 0 Å². The van der Waals surface area contributed by atoms with Crippen molar-refractivity contribution in [1.82, 2.24) is 15.3 Å². The summed E-state index contributed by atoms with van der Waals surface area (Å²) in [6, 6.07) is 3.79. The molecule has 0 saturated carbocycles. The largest absolute Gasteiger partial charge is 0.493 e. The van der Waals surface area contributed by atoms with Gasteiger partial charge in [0.25, 0.3) is 5.91 Å². The summed E-state index contributed by atoms with van der Waals surface area (Å²) in [7, 11) is 3.18. The molecule has 0 fully saturated rings. The van der Waals surface area contributed by atoms with Crippen LogP contribution in [0.5, 0.6) is 11.5 Å². The fraction of sp³-hybridized carbons (Fsp3) is 0.235. The van der Waals surface area contributed by atoms with Crippen LogP contribution in [0.15, 0.2) is 43.4 Å². The van der Waals surface area contributed by atoms with Crippen LogP contribution in [0, 0.1) is 0 Å². The van der Waals surface area contributed by atoms with Crippen LogP contribution in [0.1, 0.15) is 21.6 Å². The van der Waals surface area contributed by atoms with Crippen LogP contribution in [0.3, 0.4) is 0 Å². The van der Waals surface area contributed by atoms with Gasteiger partial charge in [-0.2, -0.15) is 0 Å². The molecule has 0 atom stereocenters. The van der Waals surface area contributed by atoms with Crippen LogP contribution in [0.2, 0.25) is 0 Å². The van der Waals surface area contributed by atoms with Gasteiger partial charge >= 0.3 is 0 Å². The molecule has 0 aliphatic rings. The van der Waals surface area contributed by atoms with E-state index in [1.165, 1.54) is 18.6 Å². The maximum absolute atomic E-state index is 12.0. The number of methoxy groups -OCH3 is 2. The summed E-state index contributed by atoms with van der Waals surface area (Å²) in [4.78, 5) is 19.9. The van der Waals surface area contributed by atoms with E-state index in [9.17, 15) is 4.79 Å². The van der Waals surface area contributed by atoms with Crippen molar-refractivity contribution in [3.63, 3.8) is 0 Å². The number of allylic oxidation sites excluding steroid dienone is 1. The summed E-state index contributed by atoms with van der Waals surface area (Å²) in [5, 5.41) is 2.81. The van der Waals surface area contributed by atoms with E-state index < -0.39 is 0 Å². The molecule has 0 aliphatic carbocycles. The minimum Gasteiger partial charge on any atom is -0.493 e. The predicted molar refractivity (Wildman–Crippen MR) is 86.6 cm³/mol. The van der Waals surface area contributed by atoms with Crippen LogP contribution >= 0.6 is 0 Å². The Balaban J connectivity index is 2.18. The minimum absolute atomic E-state index is 0.277. The first kappa shape index (κ1) is 16.5. The Kier molecular flexibility index (Phi) is 5.68. The molecule has 2 rings (SSSR count). The zero-order valence-electron chi connectivity index (χ0n) is 13.2. The number of ether oxygens (including phenoxy) is 2. The molecule has 1 heterocycles. The van der Waals surface area contributed by atoms with E-state index in [-0.39, 0.29) is 11.6 Å². The van der Waals surface area contributed by atoms with Crippen molar-refractivity contribution < 1.29 is 14.3 Å². The number of amides is 1. The van der Waals surface area contributed by atoms with Gasteiger partial charge in [-0.1, -0.05) is 6.08 Å². The lowest BCUT2D eigenvalue weighted by Crippen LogP contribution is -2.24. The monoisotopic (exact) mass is 313 g/mol. The van der Waals surface area contributed by atoms with E-state index >= 15 is 0 Å². The van der Waals surface area contributed by atoms with Crippen molar-refractivity contribution >= 4 is 5.91 Å². The van der Waals surface area contributed by atoms with Gasteiger partial charge in [0, 0.05) is 24.5 Å². The average molecular weight is 313 g/mol. The van der Waals surface area contributed by atoms with E-state index in [2.05, 4.69) is 21.9 Å². The molecule has 0 spiro atoms. The fourth-order valence-electron chi connectivity index (χ4n) is 2.20. The second-order valence-corrected chi connectivity index (χ2v) is 4.76. The lowest BCUT2D eigenvalue weighted by molar-refractivity contribution is 0.0945. The summed E-state index contributed by atoms with van der Waals surface area (Å²) in [5.41, 5.74) is 2.13. The van der Waals surface area contributed by atoms with Crippen molar-refractivity contribution in [3.05, 3.63) is 60.2 Å². The summed E-state index contributed by atoms with van der Waals surface area (Å²) in [6.45, 7) is 4.10. The number of carbonyl (C=O) groups is 1. The lowest BCUT2D eigenvalue weighted by atomic mass is 10.1. The highest BCUT2D eigenvalue weighted by Gasteiger charge is 2.13. The summed E-state index contributed by atoms with van der Waals surface area (Å²) >= 11 is 0. The quantitative estimate of drug-likeness (QED) is 0.793. The van der Waals surface area contributed by atoms with Crippen molar-refractivity contribution in [3.8, 4) is 11.5 Å². The Labute approximate surface area is 135 Å². The van der Waals surface area contributed by atoms with E-state index in [0.717, 1.165) is 11.1 Å². The molecule has 2 aromatic rings. The molecule has 0 radical (unpaired) electrons. The van der Waals surface area contributed by atoms with Gasteiger partial charge < -0.3 is 14.8 Å². The second-order valence-electron chi connectivity index (χ2n) is 4.76. The summed E-state index contributed by atoms with van der Waals surface area (Å²) in [5.74, 6) is 1.02. The zero-order valence-corrected chi connectivity index (χ0v) is 13.2. The van der Waals surface area contributed by atoms with Gasteiger partial charge in [0.05, 0.1) is 20.4 Å². The third-order valence-corrected chi connectivity index (χ3v) is 3.23.